The second kappa shape index (κ2) is 7.25. The summed E-state index contributed by atoms with van der Waals surface area (Å²) in [7, 11) is -3.06. The van der Waals surface area contributed by atoms with Crippen LogP contribution in [0.5, 0.6) is 0 Å². The van der Waals surface area contributed by atoms with Gasteiger partial charge in [0.2, 0.25) is 15.9 Å². The first-order valence-corrected chi connectivity index (χ1v) is 8.49. The molecule has 128 valence electrons. The molecule has 0 fully saturated rings. The maximum absolute atomic E-state index is 13.8. The van der Waals surface area contributed by atoms with Gasteiger partial charge in [-0.3, -0.25) is 4.79 Å². The second-order valence-electron chi connectivity index (χ2n) is 4.89. The summed E-state index contributed by atoms with van der Waals surface area (Å²) >= 11 is 5.59. The molecule has 0 atom stereocenters. The van der Waals surface area contributed by atoms with Gasteiger partial charge in [-0.2, -0.15) is 4.31 Å². The van der Waals surface area contributed by atoms with Gasteiger partial charge in [-0.15, -0.1) is 0 Å². The van der Waals surface area contributed by atoms with Crippen molar-refractivity contribution in [3.63, 3.8) is 0 Å². The van der Waals surface area contributed by atoms with Crippen molar-refractivity contribution in [2.75, 3.05) is 18.9 Å². The number of nitrogens with one attached hydrogen (secondary N) is 1. The molecule has 0 radical (unpaired) electrons. The number of carbonyl (C=O) groups is 1. The molecule has 0 aliphatic rings. The number of rotatable bonds is 5. The van der Waals surface area contributed by atoms with Gasteiger partial charge < -0.3 is 5.32 Å². The van der Waals surface area contributed by atoms with Crippen LogP contribution in [0.1, 0.15) is 0 Å². The quantitative estimate of drug-likeness (QED) is 0.875. The van der Waals surface area contributed by atoms with Crippen LogP contribution in [-0.2, 0) is 14.8 Å². The lowest BCUT2D eigenvalue weighted by Crippen LogP contribution is -2.35. The third-order valence-electron chi connectivity index (χ3n) is 3.08. The molecule has 1 N–H and O–H groups in total. The van der Waals surface area contributed by atoms with Crippen LogP contribution in [0.3, 0.4) is 0 Å². The van der Waals surface area contributed by atoms with E-state index in [0.717, 1.165) is 31.3 Å². The molecular weight excluding hydrogens is 362 g/mol. The number of nitrogens with zero attached hydrogens (tertiary/aromatic N) is 1. The Hall–Kier alpha value is -2.03. The maximum Gasteiger partial charge on any atom is 0.246 e. The molecule has 0 spiro atoms. The summed E-state index contributed by atoms with van der Waals surface area (Å²) in [6, 6.07) is 8.12. The lowest BCUT2D eigenvalue weighted by molar-refractivity contribution is -0.116. The number of sulfonamides is 1. The number of carbonyl (C=O) groups excluding carboxylic acids is 1. The van der Waals surface area contributed by atoms with E-state index in [2.05, 4.69) is 5.32 Å². The van der Waals surface area contributed by atoms with Crippen molar-refractivity contribution < 1.29 is 22.0 Å². The van der Waals surface area contributed by atoms with Crippen LogP contribution in [0.2, 0.25) is 5.02 Å². The van der Waals surface area contributed by atoms with Crippen molar-refractivity contribution in [2.24, 2.45) is 0 Å². The summed E-state index contributed by atoms with van der Waals surface area (Å²) in [4.78, 5) is 11.3. The molecule has 2 aromatic carbocycles. The molecule has 0 heterocycles. The van der Waals surface area contributed by atoms with E-state index in [9.17, 15) is 22.0 Å². The van der Waals surface area contributed by atoms with Crippen molar-refractivity contribution in [3.8, 4) is 0 Å². The van der Waals surface area contributed by atoms with Crippen molar-refractivity contribution >= 4 is 33.2 Å². The zero-order valence-corrected chi connectivity index (χ0v) is 14.0. The molecule has 0 unspecified atom stereocenters. The average Bonchev–Trinajstić information content (AvgIpc) is 2.49. The topological polar surface area (TPSA) is 66.5 Å². The van der Waals surface area contributed by atoms with E-state index in [1.807, 2.05) is 0 Å². The van der Waals surface area contributed by atoms with Gasteiger partial charge in [0, 0.05) is 17.8 Å². The normalized spacial score (nSPS) is 11.5. The molecular formula is C15H13ClF2N2O3S. The third kappa shape index (κ3) is 4.28. The number of halogens is 3. The fourth-order valence-corrected chi connectivity index (χ4v) is 3.20. The molecule has 2 rings (SSSR count). The van der Waals surface area contributed by atoms with E-state index in [4.69, 9.17) is 11.6 Å². The zero-order chi connectivity index (χ0) is 17.9. The molecule has 9 heteroatoms. The SMILES string of the molecule is CN(CC(=O)Nc1ccc(F)cc1)S(=O)(=O)c1ccc(Cl)cc1F. The fourth-order valence-electron chi connectivity index (χ4n) is 1.87. The highest BCUT2D eigenvalue weighted by atomic mass is 35.5. The molecule has 24 heavy (non-hydrogen) atoms. The summed E-state index contributed by atoms with van der Waals surface area (Å²) in [5.41, 5.74) is 0.310. The maximum atomic E-state index is 13.8. The van der Waals surface area contributed by atoms with Crippen molar-refractivity contribution in [1.29, 1.82) is 0 Å². The van der Waals surface area contributed by atoms with E-state index >= 15 is 0 Å². The molecule has 0 aromatic heterocycles. The van der Waals surface area contributed by atoms with Gasteiger partial charge >= 0.3 is 0 Å². The summed E-state index contributed by atoms with van der Waals surface area (Å²) < 4.78 is 51.9. The first kappa shape index (κ1) is 18.3. The van der Waals surface area contributed by atoms with Crippen LogP contribution >= 0.6 is 11.6 Å². The minimum atomic E-state index is -4.20. The Balaban J connectivity index is 2.11. The largest absolute Gasteiger partial charge is 0.325 e. The van der Waals surface area contributed by atoms with Crippen molar-refractivity contribution in [1.82, 2.24) is 4.31 Å². The molecule has 0 saturated carbocycles. The molecule has 0 saturated heterocycles. The summed E-state index contributed by atoms with van der Waals surface area (Å²) in [5, 5.41) is 2.48. The second-order valence-corrected chi connectivity index (χ2v) is 7.34. The summed E-state index contributed by atoms with van der Waals surface area (Å²) in [6.45, 7) is -0.540. The Morgan fingerprint density at radius 2 is 1.79 bits per heavy atom. The molecule has 0 aliphatic carbocycles. The van der Waals surface area contributed by atoms with Gasteiger partial charge in [0.1, 0.15) is 16.5 Å². The standard InChI is InChI=1S/C15H13ClF2N2O3S/c1-20(9-15(21)19-12-5-3-11(17)4-6-12)24(22,23)14-7-2-10(16)8-13(14)18/h2-8H,9H2,1H3,(H,19,21). The number of amides is 1. The van der Waals surface area contributed by atoms with E-state index in [0.29, 0.717) is 9.99 Å². The number of benzene rings is 2. The molecule has 0 aliphatic heterocycles. The van der Waals surface area contributed by atoms with E-state index in [1.54, 1.807) is 0 Å². The molecule has 2 aromatic rings. The van der Waals surface area contributed by atoms with Crippen LogP contribution in [-0.4, -0.2) is 32.2 Å². The van der Waals surface area contributed by atoms with Crippen molar-refractivity contribution in [3.05, 3.63) is 59.1 Å². The summed E-state index contributed by atoms with van der Waals surface area (Å²) in [6.07, 6.45) is 0. The van der Waals surface area contributed by atoms with Gasteiger partial charge in [0.15, 0.2) is 0 Å². The van der Waals surface area contributed by atoms with Crippen LogP contribution in [0.25, 0.3) is 0 Å². The van der Waals surface area contributed by atoms with Crippen LogP contribution in [0.15, 0.2) is 47.4 Å². The van der Waals surface area contributed by atoms with Gasteiger partial charge in [0.05, 0.1) is 6.54 Å². The predicted molar refractivity (Wildman–Crippen MR) is 86.3 cm³/mol. The number of hydrogen-bond acceptors (Lipinski definition) is 3. The molecule has 1 amide bonds. The fraction of sp³-hybridized carbons (Fsp3) is 0.133. The Morgan fingerprint density at radius 3 is 2.38 bits per heavy atom. The van der Waals surface area contributed by atoms with Crippen LogP contribution < -0.4 is 5.32 Å². The van der Waals surface area contributed by atoms with E-state index in [-0.39, 0.29) is 5.02 Å². The highest BCUT2D eigenvalue weighted by Crippen LogP contribution is 2.21. The average molecular weight is 375 g/mol. The predicted octanol–water partition coefficient (Wildman–Crippen LogP) is 2.88. The highest BCUT2D eigenvalue weighted by molar-refractivity contribution is 7.89. The van der Waals surface area contributed by atoms with E-state index in [1.165, 1.54) is 18.2 Å². The van der Waals surface area contributed by atoms with Gasteiger partial charge in [-0.05, 0) is 42.5 Å². The van der Waals surface area contributed by atoms with Gasteiger partial charge in [-0.1, -0.05) is 11.6 Å². The smallest absolute Gasteiger partial charge is 0.246 e. The Kier molecular flexibility index (Phi) is 5.53. The van der Waals surface area contributed by atoms with Crippen molar-refractivity contribution in [2.45, 2.75) is 4.90 Å². The van der Waals surface area contributed by atoms with Gasteiger partial charge in [0.25, 0.3) is 0 Å². The van der Waals surface area contributed by atoms with Crippen LogP contribution in [0, 0.1) is 11.6 Å². The highest BCUT2D eigenvalue weighted by Gasteiger charge is 2.26. The first-order valence-electron chi connectivity index (χ1n) is 6.67. The monoisotopic (exact) mass is 374 g/mol. The van der Waals surface area contributed by atoms with Crippen LogP contribution in [0.4, 0.5) is 14.5 Å². The minimum absolute atomic E-state index is 0.0585. The Labute approximate surface area is 142 Å². The molecule has 5 nitrogen and oxygen atoms in total. The Morgan fingerprint density at radius 1 is 1.17 bits per heavy atom. The number of likely N-dealkylation sites (N-methyl/N-ethyl adjacent to an activating group) is 1. The van der Waals surface area contributed by atoms with E-state index < -0.39 is 39.0 Å². The number of hydrogen-bond donors (Lipinski definition) is 1. The Bertz CT molecular complexity index is 858. The summed E-state index contributed by atoms with van der Waals surface area (Å²) in [5.74, 6) is -2.12. The third-order valence-corrected chi connectivity index (χ3v) is 5.15. The molecule has 0 bridgehead atoms. The minimum Gasteiger partial charge on any atom is -0.325 e. The van der Waals surface area contributed by atoms with Gasteiger partial charge in [-0.25, -0.2) is 17.2 Å². The zero-order valence-electron chi connectivity index (χ0n) is 12.5. The lowest BCUT2D eigenvalue weighted by Gasteiger charge is -2.17. The first-order chi connectivity index (χ1) is 11.2. The number of anilines is 1. The lowest BCUT2D eigenvalue weighted by atomic mass is 10.3.